The Morgan fingerprint density at radius 1 is 0.681 bits per heavy atom. The maximum absolute atomic E-state index is 13.4. The minimum atomic E-state index is -4.46. The minimum Gasteiger partial charge on any atom is -0.444 e. The highest BCUT2D eigenvalue weighted by molar-refractivity contribution is 5.68. The van der Waals surface area contributed by atoms with Crippen LogP contribution in [-0.4, -0.2) is 57.6 Å². The number of halogens is 6. The number of aromatic nitrogens is 1. The van der Waals surface area contributed by atoms with Gasteiger partial charge in [-0.15, -0.1) is 0 Å². The van der Waals surface area contributed by atoms with Gasteiger partial charge in [0.15, 0.2) is 0 Å². The molecule has 0 radical (unpaired) electrons. The van der Waals surface area contributed by atoms with Gasteiger partial charge < -0.3 is 9.64 Å². The average molecular weight is 665 g/mol. The first-order valence-electron chi connectivity index (χ1n) is 15.7. The van der Waals surface area contributed by atoms with E-state index in [0.717, 1.165) is 30.0 Å². The van der Waals surface area contributed by atoms with Crippen molar-refractivity contribution < 1.29 is 35.9 Å². The second-order valence-electron chi connectivity index (χ2n) is 13.0. The Kier molecular flexibility index (Phi) is 11.9. The molecule has 2 heterocycles. The molecule has 2 aromatic carbocycles. The zero-order valence-corrected chi connectivity index (χ0v) is 27.0. The topological polar surface area (TPSA) is 48.9 Å². The number of carbonyl (C=O) groups excluding carboxylic acids is 1. The highest BCUT2D eigenvalue weighted by Crippen LogP contribution is 2.31. The third-order valence-corrected chi connectivity index (χ3v) is 7.66. The van der Waals surface area contributed by atoms with Crippen molar-refractivity contribution in [1.29, 1.82) is 0 Å². The first kappa shape index (κ1) is 36.2. The normalized spacial score (nSPS) is 16.7. The fraction of sp³-hybridized carbons (Fsp3) is 0.486. The number of carbonyl (C=O) groups is 1. The smallest absolute Gasteiger partial charge is 0.416 e. The summed E-state index contributed by atoms with van der Waals surface area (Å²) in [6.07, 6.45) is -7.48. The van der Waals surface area contributed by atoms with Crippen LogP contribution >= 0.6 is 0 Å². The molecule has 0 unspecified atom stereocenters. The Labute approximate surface area is 272 Å². The second-order valence-corrected chi connectivity index (χ2v) is 13.0. The van der Waals surface area contributed by atoms with Gasteiger partial charge in [0.2, 0.25) is 0 Å². The van der Waals surface area contributed by atoms with E-state index in [2.05, 4.69) is 0 Å². The molecule has 0 N–H and O–H groups in total. The molecule has 0 spiro atoms. The van der Waals surface area contributed by atoms with Crippen molar-refractivity contribution in [2.75, 3.05) is 26.2 Å². The van der Waals surface area contributed by atoms with Gasteiger partial charge in [0.05, 0.1) is 22.5 Å². The predicted octanol–water partition coefficient (Wildman–Crippen LogP) is 8.54. The van der Waals surface area contributed by atoms with Crippen molar-refractivity contribution in [3.05, 3.63) is 100 Å². The fourth-order valence-corrected chi connectivity index (χ4v) is 5.54. The van der Waals surface area contributed by atoms with E-state index in [1.807, 2.05) is 28.0 Å². The number of benzene rings is 2. The van der Waals surface area contributed by atoms with E-state index in [1.54, 1.807) is 37.8 Å². The number of fused-ring (bicyclic) bond motifs is 2. The first-order chi connectivity index (χ1) is 22.0. The van der Waals surface area contributed by atoms with Crippen LogP contribution in [0.5, 0.6) is 0 Å². The van der Waals surface area contributed by atoms with E-state index in [4.69, 9.17) is 9.72 Å². The first-order valence-corrected chi connectivity index (χ1v) is 15.7. The number of nitrogens with zero attached hydrogens (tertiary/aromatic N) is 4. The molecule has 3 aromatic rings. The van der Waals surface area contributed by atoms with Gasteiger partial charge in [0, 0.05) is 45.8 Å². The molecule has 1 aromatic heterocycles. The Bertz CT molecular complexity index is 1470. The van der Waals surface area contributed by atoms with E-state index in [1.165, 1.54) is 12.1 Å². The van der Waals surface area contributed by atoms with Gasteiger partial charge >= 0.3 is 18.4 Å². The Morgan fingerprint density at radius 3 is 1.62 bits per heavy atom. The van der Waals surface area contributed by atoms with Crippen molar-refractivity contribution in [2.45, 2.75) is 84.2 Å². The van der Waals surface area contributed by atoms with E-state index in [0.29, 0.717) is 75.4 Å². The highest BCUT2D eigenvalue weighted by atomic mass is 19.4. The van der Waals surface area contributed by atoms with Crippen molar-refractivity contribution >= 4 is 6.09 Å². The second kappa shape index (κ2) is 15.5. The average Bonchev–Trinajstić information content (AvgIpc) is 2.97. The summed E-state index contributed by atoms with van der Waals surface area (Å²) in [5, 5.41) is 0. The van der Waals surface area contributed by atoms with Gasteiger partial charge in [-0.25, -0.2) is 4.79 Å². The summed E-state index contributed by atoms with van der Waals surface area (Å²) >= 11 is 0. The molecule has 0 saturated heterocycles. The van der Waals surface area contributed by atoms with E-state index in [9.17, 15) is 31.1 Å². The molecule has 0 fully saturated rings. The zero-order valence-electron chi connectivity index (χ0n) is 27.0. The lowest BCUT2D eigenvalue weighted by Crippen LogP contribution is -2.39. The Hall–Kier alpha value is -3.64. The molecule has 0 atom stereocenters. The number of amides is 1. The molecule has 4 rings (SSSR count). The van der Waals surface area contributed by atoms with Crippen molar-refractivity contribution in [2.24, 2.45) is 0 Å². The molecule has 0 saturated carbocycles. The zero-order chi connectivity index (χ0) is 34.2. The maximum Gasteiger partial charge on any atom is 0.416 e. The van der Waals surface area contributed by atoms with Crippen LogP contribution in [0.1, 0.15) is 73.7 Å². The van der Waals surface area contributed by atoms with Crippen LogP contribution in [0.15, 0.2) is 66.7 Å². The highest BCUT2D eigenvalue weighted by Gasteiger charge is 2.31. The molecule has 1 aliphatic rings. The summed E-state index contributed by atoms with van der Waals surface area (Å²) in [7, 11) is 0. The largest absolute Gasteiger partial charge is 0.444 e. The summed E-state index contributed by atoms with van der Waals surface area (Å²) in [6, 6.07) is 16.1. The molecule has 0 aliphatic carbocycles. The van der Waals surface area contributed by atoms with Crippen LogP contribution in [0.2, 0.25) is 0 Å². The maximum atomic E-state index is 13.4. The Morgan fingerprint density at radius 2 is 1.13 bits per heavy atom. The van der Waals surface area contributed by atoms with E-state index < -0.39 is 35.2 Å². The third-order valence-electron chi connectivity index (χ3n) is 7.66. The monoisotopic (exact) mass is 664 g/mol. The number of pyridine rings is 1. The summed E-state index contributed by atoms with van der Waals surface area (Å²) in [4.78, 5) is 23.7. The predicted molar refractivity (Wildman–Crippen MR) is 167 cm³/mol. The molecule has 47 heavy (non-hydrogen) atoms. The number of ether oxygens (including phenoxy) is 1. The van der Waals surface area contributed by atoms with Crippen LogP contribution in [0, 0.1) is 0 Å². The molecular weight excluding hydrogens is 622 g/mol. The van der Waals surface area contributed by atoms with Crippen molar-refractivity contribution in [3.8, 4) is 0 Å². The van der Waals surface area contributed by atoms with Crippen LogP contribution in [0.25, 0.3) is 0 Å². The van der Waals surface area contributed by atoms with E-state index >= 15 is 0 Å². The molecule has 1 aliphatic heterocycles. The summed E-state index contributed by atoms with van der Waals surface area (Å²) in [5.74, 6) is 0. The van der Waals surface area contributed by atoms with Gasteiger partial charge in [-0.1, -0.05) is 42.5 Å². The minimum absolute atomic E-state index is 0.240. The number of alkyl halides is 6. The fourth-order valence-electron chi connectivity index (χ4n) is 5.54. The molecule has 12 heteroatoms. The Balaban J connectivity index is 1.61. The summed E-state index contributed by atoms with van der Waals surface area (Å²) < 4.78 is 86.3. The summed E-state index contributed by atoms with van der Waals surface area (Å²) in [5.41, 5.74) is 0.363. The molecule has 2 bridgehead atoms. The van der Waals surface area contributed by atoms with Gasteiger partial charge in [-0.2, -0.15) is 26.3 Å². The molecular formula is C35H42F6N4O2. The molecule has 6 nitrogen and oxygen atoms in total. The van der Waals surface area contributed by atoms with E-state index in [-0.39, 0.29) is 13.1 Å². The van der Waals surface area contributed by atoms with Gasteiger partial charge in [0.25, 0.3) is 0 Å². The number of hydrogen-bond acceptors (Lipinski definition) is 5. The van der Waals surface area contributed by atoms with Crippen molar-refractivity contribution in [3.63, 3.8) is 0 Å². The van der Waals surface area contributed by atoms with Crippen LogP contribution in [0.3, 0.4) is 0 Å². The van der Waals surface area contributed by atoms with Crippen LogP contribution in [0.4, 0.5) is 31.1 Å². The van der Waals surface area contributed by atoms with Gasteiger partial charge in [0.1, 0.15) is 5.60 Å². The number of rotatable bonds is 4. The standard InChI is InChI=1S/C35H42F6N4O2/c1-33(2,3)47-32(46)45-18-5-4-16-43(22-26-10-6-12-28(20-26)34(36,37)38)24-30-14-8-15-31(42-30)25-44(17-9-19-45)23-27-11-7-13-29(21-27)35(39,40)41/h6-8,10-15,20-21H,4-5,9,16-19,22-25H2,1-3H3. The molecule has 1 amide bonds. The van der Waals surface area contributed by atoms with Crippen molar-refractivity contribution in [1.82, 2.24) is 19.7 Å². The number of hydrogen-bond donors (Lipinski definition) is 0. The molecule has 256 valence electrons. The third kappa shape index (κ3) is 11.8. The lowest BCUT2D eigenvalue weighted by molar-refractivity contribution is -0.138. The summed E-state index contributed by atoms with van der Waals surface area (Å²) in [6.45, 7) is 8.48. The van der Waals surface area contributed by atoms with Gasteiger partial charge in [-0.3, -0.25) is 14.8 Å². The SMILES string of the molecule is CC(C)(C)OC(=O)N1CCCCN(Cc2cccc(C(F)(F)F)c2)Cc2cccc(n2)CN(Cc2cccc(C(F)(F)F)c2)CCC1. The lowest BCUT2D eigenvalue weighted by atomic mass is 10.1. The van der Waals surface area contributed by atoms with Crippen LogP contribution in [-0.2, 0) is 43.3 Å². The van der Waals surface area contributed by atoms with Gasteiger partial charge in [-0.05, 0) is 82.0 Å². The van der Waals surface area contributed by atoms with Crippen LogP contribution < -0.4 is 0 Å². The quantitative estimate of drug-likeness (QED) is 0.262. The lowest BCUT2D eigenvalue weighted by Gasteiger charge is -2.29.